The van der Waals surface area contributed by atoms with Crippen molar-refractivity contribution in [2.45, 2.75) is 175 Å². The van der Waals surface area contributed by atoms with Gasteiger partial charge < -0.3 is 114 Å². The molecule has 0 aliphatic carbocycles. The van der Waals surface area contributed by atoms with Gasteiger partial charge in [0.05, 0.1) is 24.0 Å². The Morgan fingerprint density at radius 2 is 1.03 bits per heavy atom. The predicted octanol–water partition coefficient (Wildman–Crippen LogP) is -4.91. The smallest absolute Gasteiger partial charge is 0.333 e. The van der Waals surface area contributed by atoms with Crippen molar-refractivity contribution in [1.29, 1.82) is 0 Å². The summed E-state index contributed by atoms with van der Waals surface area (Å²) in [6, 6.07) is 5.58. The summed E-state index contributed by atoms with van der Waals surface area (Å²) in [4.78, 5) is 41.9. The van der Waals surface area contributed by atoms with Gasteiger partial charge in [0.15, 0.2) is 25.2 Å². The molecule has 4 aliphatic rings. The van der Waals surface area contributed by atoms with E-state index in [1.165, 1.54) is 28.5 Å². The fourth-order valence-corrected chi connectivity index (χ4v) is 9.53. The predicted molar refractivity (Wildman–Crippen MR) is 250 cm³/mol. The van der Waals surface area contributed by atoms with E-state index in [1.54, 1.807) is 27.0 Å². The van der Waals surface area contributed by atoms with Gasteiger partial charge in [-0.15, -0.1) is 0 Å². The lowest BCUT2D eigenvalue weighted by Crippen LogP contribution is -2.63. The SMILES string of the molecule is C=C(C)C(=O)OC[C@H]1O[C@H](O[C@H]2O[C@H](CO)[C@@H](O)[C@H](O)[C@H]2O)[C@H](O)[C@@H](O)[C@@H]1O.CCC(C)(CC(C)(C)C(=O)OC[C@H]1O[C@H](O[C@H]2O[C@H](CO)[C@@H](O)[C@H](O)[C@H]2O)[C@H](O)[C@@H](O)[C@@H]1O)C(=O)OCCSSc1ccccn1. The molecule has 4 aliphatic heterocycles. The van der Waals surface area contributed by atoms with Gasteiger partial charge in [-0.05, 0) is 63.5 Å². The van der Waals surface area contributed by atoms with Crippen molar-refractivity contribution in [2.75, 3.05) is 38.8 Å². The summed E-state index contributed by atoms with van der Waals surface area (Å²) in [5.74, 6) is -1.42. The molecule has 29 heteroatoms. The second kappa shape index (κ2) is 28.7. The normalized spacial score (nSPS) is 37.3. The first-order chi connectivity index (χ1) is 34.7. The zero-order valence-corrected chi connectivity index (χ0v) is 42.8. The maximum atomic E-state index is 13.2. The van der Waals surface area contributed by atoms with Crippen LogP contribution in [0.2, 0.25) is 0 Å². The van der Waals surface area contributed by atoms with Crippen LogP contribution in [0.15, 0.2) is 41.6 Å². The Labute approximate surface area is 433 Å². The van der Waals surface area contributed by atoms with Gasteiger partial charge in [0.25, 0.3) is 0 Å². The van der Waals surface area contributed by atoms with E-state index in [0.717, 1.165) is 5.03 Å². The van der Waals surface area contributed by atoms with Crippen LogP contribution in [0.5, 0.6) is 0 Å². The van der Waals surface area contributed by atoms with Crippen molar-refractivity contribution in [2.24, 2.45) is 10.8 Å². The summed E-state index contributed by atoms with van der Waals surface area (Å²) in [7, 11) is 2.96. The number of aliphatic hydroxyl groups excluding tert-OH is 14. The number of aromatic nitrogens is 1. The van der Waals surface area contributed by atoms with Crippen LogP contribution >= 0.6 is 21.6 Å². The number of rotatable bonds is 21. The summed E-state index contributed by atoms with van der Waals surface area (Å²) in [5.41, 5.74) is -2.12. The minimum atomic E-state index is -1.85. The molecule has 1 aromatic heterocycles. The van der Waals surface area contributed by atoms with Crippen LogP contribution in [0.3, 0.4) is 0 Å². The molecule has 1 aromatic rings. The molecule has 4 fully saturated rings. The quantitative estimate of drug-likeness (QED) is 0.0180. The van der Waals surface area contributed by atoms with Gasteiger partial charge in [0, 0.05) is 17.5 Å². The number of hydrogen-bond donors (Lipinski definition) is 14. The second-order valence-electron chi connectivity index (χ2n) is 18.9. The van der Waals surface area contributed by atoms with Crippen molar-refractivity contribution in [3.63, 3.8) is 0 Å². The van der Waals surface area contributed by atoms with E-state index >= 15 is 0 Å². The van der Waals surface area contributed by atoms with Crippen LogP contribution in [0.25, 0.3) is 0 Å². The number of nitrogens with zero attached hydrogens (tertiary/aromatic N) is 1. The molecule has 27 nitrogen and oxygen atoms in total. The molecule has 0 radical (unpaired) electrons. The first-order valence-electron chi connectivity index (χ1n) is 23.4. The molecule has 424 valence electrons. The van der Waals surface area contributed by atoms with Crippen LogP contribution in [0, 0.1) is 10.8 Å². The number of carbonyl (C=O) groups is 3. The van der Waals surface area contributed by atoms with Crippen LogP contribution in [-0.2, 0) is 57.0 Å². The minimum Gasteiger partial charge on any atom is -0.464 e. The molecule has 4 saturated heterocycles. The Hall–Kier alpha value is -2.80. The molecule has 5 heterocycles. The Morgan fingerprint density at radius 1 is 0.608 bits per heavy atom. The number of hydrogen-bond acceptors (Lipinski definition) is 29. The van der Waals surface area contributed by atoms with Crippen LogP contribution in [0.4, 0.5) is 0 Å². The zero-order valence-electron chi connectivity index (χ0n) is 41.1. The molecular weight excluding hydrogens is 1030 g/mol. The van der Waals surface area contributed by atoms with Gasteiger partial charge in [0.1, 0.15) is 123 Å². The number of pyridine rings is 1. The molecular formula is C45H71NO26S2. The summed E-state index contributed by atoms with van der Waals surface area (Å²) >= 11 is 0. The Morgan fingerprint density at radius 3 is 1.42 bits per heavy atom. The average molecular weight is 1110 g/mol. The Balaban J connectivity index is 0.000000361. The highest BCUT2D eigenvalue weighted by Crippen LogP contribution is 2.39. The fraction of sp³-hybridized carbons (Fsp3) is 0.778. The van der Waals surface area contributed by atoms with Gasteiger partial charge in [-0.1, -0.05) is 30.4 Å². The standard InChI is InChI=1S/C29H45NO14S2.C16H26O12/c1-5-29(4,27(39)40-10-11-45-46-17-8-6-7-9-30-17)14-28(2,3)26(38)41-13-16-19(33)21(35)23(37)25(43-16)44-24-22(36)20(34)18(32)15(12-31)42-24;1-5(2)14(24)25-4-7-9(19)11(21)13(23)16(27-7)28-15-12(22)10(20)8(18)6(3-17)26-15/h6-9,15-16,18-25,31-37H,5,10-14H2,1-4H3;6-13,15-23H,1,3-4H2,2H3/t15-,16-,18-,19-,20+,21+,22-,23-,24-,25-,29?;6-,7-,8-,9-,10+,11+,12-,13-,15-,16-/m11/s1. The summed E-state index contributed by atoms with van der Waals surface area (Å²) in [6.45, 7) is 9.17. The minimum absolute atomic E-state index is 0.0717. The maximum Gasteiger partial charge on any atom is 0.333 e. The fourth-order valence-electron chi connectivity index (χ4n) is 7.82. The summed E-state index contributed by atoms with van der Waals surface area (Å²) < 4.78 is 47.7. The third-order valence-corrected chi connectivity index (χ3v) is 14.7. The van der Waals surface area contributed by atoms with Crippen LogP contribution < -0.4 is 0 Å². The Kier molecular flexibility index (Phi) is 24.7. The molecule has 0 bridgehead atoms. The lowest BCUT2D eigenvalue weighted by atomic mass is 9.72. The first-order valence-corrected chi connectivity index (χ1v) is 25.7. The monoisotopic (exact) mass is 1110 g/mol. The van der Waals surface area contributed by atoms with Crippen molar-refractivity contribution < 1.29 is 129 Å². The molecule has 0 spiro atoms. The first kappa shape index (κ1) is 63.7. The lowest BCUT2D eigenvalue weighted by molar-refractivity contribution is -0.376. The molecule has 74 heavy (non-hydrogen) atoms. The van der Waals surface area contributed by atoms with E-state index in [2.05, 4.69) is 11.6 Å². The van der Waals surface area contributed by atoms with E-state index in [-0.39, 0.29) is 18.6 Å². The van der Waals surface area contributed by atoms with Crippen LogP contribution in [-0.4, -0.2) is 256 Å². The Bertz CT molecular complexity index is 1920. The average Bonchev–Trinajstić information content (AvgIpc) is 3.38. The molecule has 5 rings (SSSR count). The second-order valence-corrected chi connectivity index (χ2v) is 21.3. The lowest BCUT2D eigenvalue weighted by Gasteiger charge is -2.44. The van der Waals surface area contributed by atoms with Crippen molar-refractivity contribution in [3.05, 3.63) is 36.5 Å². The number of carbonyl (C=O) groups excluding carboxylic acids is 3. The van der Waals surface area contributed by atoms with E-state index < -0.39 is 178 Å². The molecule has 14 N–H and O–H groups in total. The molecule has 0 saturated carbocycles. The van der Waals surface area contributed by atoms with Gasteiger partial charge in [-0.3, -0.25) is 9.59 Å². The number of aliphatic hydroxyl groups is 14. The van der Waals surface area contributed by atoms with Crippen molar-refractivity contribution >= 4 is 39.5 Å². The molecule has 21 atom stereocenters. The van der Waals surface area contributed by atoms with E-state index in [9.17, 15) is 85.9 Å². The summed E-state index contributed by atoms with van der Waals surface area (Å²) in [5, 5.41) is 141. The van der Waals surface area contributed by atoms with Crippen molar-refractivity contribution in [1.82, 2.24) is 4.98 Å². The van der Waals surface area contributed by atoms with E-state index in [0.29, 0.717) is 12.2 Å². The number of ether oxygens (including phenoxy) is 9. The third-order valence-electron chi connectivity index (χ3n) is 12.5. The zero-order chi connectivity index (χ0) is 55.4. The highest BCUT2D eigenvalue weighted by Gasteiger charge is 2.52. The van der Waals surface area contributed by atoms with E-state index in [1.807, 2.05) is 25.1 Å². The molecule has 0 aromatic carbocycles. The highest BCUT2D eigenvalue weighted by molar-refractivity contribution is 8.76. The highest BCUT2D eigenvalue weighted by atomic mass is 33.1. The van der Waals surface area contributed by atoms with Gasteiger partial charge in [-0.2, -0.15) is 0 Å². The molecule has 0 amide bonds. The summed E-state index contributed by atoms with van der Waals surface area (Å²) in [6.07, 6.45) is -30.8. The largest absolute Gasteiger partial charge is 0.464 e. The topological polar surface area (TPSA) is 430 Å². The van der Waals surface area contributed by atoms with Gasteiger partial charge in [-0.25, -0.2) is 9.78 Å². The molecule has 1 unspecified atom stereocenters. The van der Waals surface area contributed by atoms with Crippen LogP contribution in [0.1, 0.15) is 47.5 Å². The van der Waals surface area contributed by atoms with E-state index in [4.69, 9.17) is 42.6 Å². The third kappa shape index (κ3) is 16.4. The van der Waals surface area contributed by atoms with Gasteiger partial charge in [0.2, 0.25) is 0 Å². The van der Waals surface area contributed by atoms with Crippen molar-refractivity contribution in [3.8, 4) is 0 Å². The van der Waals surface area contributed by atoms with Gasteiger partial charge >= 0.3 is 17.9 Å². The maximum absolute atomic E-state index is 13.2. The number of esters is 3.